The van der Waals surface area contributed by atoms with E-state index in [1.54, 1.807) is 39.8 Å². The second-order valence-electron chi connectivity index (χ2n) is 12.5. The summed E-state index contributed by atoms with van der Waals surface area (Å²) in [5.41, 5.74) is 5.20. The number of nitrogens with zero attached hydrogens (tertiary/aromatic N) is 3. The number of carbonyl (C=O) groups is 3. The highest BCUT2D eigenvalue weighted by Gasteiger charge is 2.53. The highest BCUT2D eigenvalue weighted by molar-refractivity contribution is 6.09. The van der Waals surface area contributed by atoms with E-state index in [9.17, 15) is 24.6 Å². The van der Waals surface area contributed by atoms with Crippen molar-refractivity contribution in [2.24, 2.45) is 5.92 Å². The van der Waals surface area contributed by atoms with Crippen LogP contribution in [0, 0.1) is 5.92 Å². The van der Waals surface area contributed by atoms with Gasteiger partial charge in [0.1, 0.15) is 0 Å². The van der Waals surface area contributed by atoms with Gasteiger partial charge in [-0.3, -0.25) is 24.2 Å². The number of hydrogen-bond acceptors (Lipinski definition) is 5. The number of aliphatic hydroxyl groups is 2. The smallest absolute Gasteiger partial charge is 0.264 e. The Bertz CT molecular complexity index is 1900. The maximum Gasteiger partial charge on any atom is 0.264 e. The lowest BCUT2D eigenvalue weighted by molar-refractivity contribution is -0.139. The van der Waals surface area contributed by atoms with E-state index in [-0.39, 0.29) is 25.0 Å². The summed E-state index contributed by atoms with van der Waals surface area (Å²) in [5.74, 6) is -1.07. The molecule has 0 unspecified atom stereocenters. The van der Waals surface area contributed by atoms with Crippen LogP contribution in [0.15, 0.2) is 103 Å². The fourth-order valence-corrected chi connectivity index (χ4v) is 7.10. The number of anilines is 5. The lowest BCUT2D eigenvalue weighted by atomic mass is 9.82. The topological polar surface area (TPSA) is 101 Å². The number of aliphatic hydroxyl groups excluding tert-OH is 1. The standard InChI is InChI=1S/C39H37N3O5/c1-26(8-6-7-23-43)39(47)32-24-31(42-34-12-5-3-10-29(34)16-22-37(42)45)19-20-35(32)40(38(39)46)25-27-13-17-30(18-14-27)41-33-11-4-2-9-28(33)15-21-36(41)44/h2-6,8-14,17-20,24,26,43,47H,7,15-16,21-23,25H2,1H3/b8-6+/t26-,39+/m1/s1. The van der Waals surface area contributed by atoms with Crippen LogP contribution in [0.25, 0.3) is 0 Å². The van der Waals surface area contributed by atoms with Crippen molar-refractivity contribution in [1.29, 1.82) is 0 Å². The second kappa shape index (κ2) is 12.3. The fraction of sp³-hybridized carbons (Fsp3) is 0.256. The molecule has 3 heterocycles. The Kier molecular flexibility index (Phi) is 7.99. The van der Waals surface area contributed by atoms with Gasteiger partial charge in [0.25, 0.3) is 5.91 Å². The van der Waals surface area contributed by atoms with Crippen LogP contribution in [0.3, 0.4) is 0 Å². The SMILES string of the molecule is C[C@H](/C=C/CCO)[C@@]1(O)C(=O)N(Cc2ccc(N3C(=O)CCc4ccccc43)cc2)c2ccc(N3C(=O)CCc4ccccc43)cc21. The third-order valence-corrected chi connectivity index (χ3v) is 9.61. The molecule has 8 nitrogen and oxygen atoms in total. The van der Waals surface area contributed by atoms with E-state index < -0.39 is 17.4 Å². The number of hydrogen-bond donors (Lipinski definition) is 2. The second-order valence-corrected chi connectivity index (χ2v) is 12.5. The maximum atomic E-state index is 14.3. The van der Waals surface area contributed by atoms with Crippen LogP contribution < -0.4 is 14.7 Å². The summed E-state index contributed by atoms with van der Waals surface area (Å²) in [6, 6.07) is 28.7. The average Bonchev–Trinajstić information content (AvgIpc) is 3.30. The Morgan fingerprint density at radius 3 is 1.94 bits per heavy atom. The molecule has 4 aromatic carbocycles. The summed E-state index contributed by atoms with van der Waals surface area (Å²) in [6.07, 6.45) is 6.13. The summed E-state index contributed by atoms with van der Waals surface area (Å²) >= 11 is 0. The van der Waals surface area contributed by atoms with E-state index in [0.29, 0.717) is 42.6 Å². The molecule has 0 saturated heterocycles. The molecule has 3 aliphatic rings. The summed E-state index contributed by atoms with van der Waals surface area (Å²) in [4.78, 5) is 45.5. The number of para-hydroxylation sites is 2. The fourth-order valence-electron chi connectivity index (χ4n) is 7.10. The van der Waals surface area contributed by atoms with Crippen LogP contribution >= 0.6 is 0 Å². The Hall–Kier alpha value is -5.05. The summed E-state index contributed by atoms with van der Waals surface area (Å²) in [6.45, 7) is 1.95. The molecule has 0 radical (unpaired) electrons. The first-order chi connectivity index (χ1) is 22.8. The van der Waals surface area contributed by atoms with E-state index >= 15 is 0 Å². The monoisotopic (exact) mass is 627 g/mol. The third-order valence-electron chi connectivity index (χ3n) is 9.61. The van der Waals surface area contributed by atoms with Crippen LogP contribution in [0.4, 0.5) is 28.4 Å². The molecule has 2 N–H and O–H groups in total. The van der Waals surface area contributed by atoms with Crippen LogP contribution in [0.1, 0.15) is 48.4 Å². The van der Waals surface area contributed by atoms with Crippen molar-refractivity contribution in [2.45, 2.75) is 51.2 Å². The van der Waals surface area contributed by atoms with Gasteiger partial charge >= 0.3 is 0 Å². The van der Waals surface area contributed by atoms with Crippen molar-refractivity contribution in [3.8, 4) is 0 Å². The lowest BCUT2D eigenvalue weighted by Crippen LogP contribution is -2.44. The third kappa shape index (κ3) is 5.23. The summed E-state index contributed by atoms with van der Waals surface area (Å²) in [5, 5.41) is 21.6. The van der Waals surface area contributed by atoms with Crippen molar-refractivity contribution < 1.29 is 24.6 Å². The number of rotatable bonds is 8. The highest BCUT2D eigenvalue weighted by atomic mass is 16.3. The minimum Gasteiger partial charge on any atom is -0.396 e. The molecule has 47 heavy (non-hydrogen) atoms. The number of amides is 3. The average molecular weight is 628 g/mol. The zero-order chi connectivity index (χ0) is 32.7. The number of fused-ring (bicyclic) bond motifs is 3. The van der Waals surface area contributed by atoms with E-state index in [0.717, 1.165) is 40.2 Å². The van der Waals surface area contributed by atoms with E-state index in [1.165, 1.54) is 0 Å². The molecular formula is C39H37N3O5. The van der Waals surface area contributed by atoms with Crippen LogP contribution in [-0.4, -0.2) is 34.5 Å². The van der Waals surface area contributed by atoms with Gasteiger partial charge in [0.05, 0.1) is 23.6 Å². The molecule has 4 aromatic rings. The van der Waals surface area contributed by atoms with Gasteiger partial charge in [-0.1, -0.05) is 67.6 Å². The lowest BCUT2D eigenvalue weighted by Gasteiger charge is -2.31. The summed E-state index contributed by atoms with van der Waals surface area (Å²) in [7, 11) is 0. The molecule has 0 spiro atoms. The van der Waals surface area contributed by atoms with Crippen LogP contribution in [0.2, 0.25) is 0 Å². The number of aryl methyl sites for hydroxylation is 2. The molecule has 2 atom stereocenters. The molecule has 0 bridgehead atoms. The summed E-state index contributed by atoms with van der Waals surface area (Å²) < 4.78 is 0. The quantitative estimate of drug-likeness (QED) is 0.226. The number of carbonyl (C=O) groups excluding carboxylic acids is 3. The van der Waals surface area contributed by atoms with Crippen molar-refractivity contribution >= 4 is 46.2 Å². The molecule has 7 rings (SSSR count). The molecule has 0 aliphatic carbocycles. The van der Waals surface area contributed by atoms with Gasteiger partial charge in [0.15, 0.2) is 5.60 Å². The number of benzene rings is 4. The Morgan fingerprint density at radius 1 is 0.745 bits per heavy atom. The molecule has 0 aromatic heterocycles. The van der Waals surface area contributed by atoms with Gasteiger partial charge in [-0.2, -0.15) is 0 Å². The van der Waals surface area contributed by atoms with Gasteiger partial charge in [-0.25, -0.2) is 0 Å². The van der Waals surface area contributed by atoms with Gasteiger partial charge in [0, 0.05) is 42.3 Å². The molecule has 8 heteroatoms. The van der Waals surface area contributed by atoms with Crippen molar-refractivity contribution in [3.63, 3.8) is 0 Å². The van der Waals surface area contributed by atoms with E-state index in [2.05, 4.69) is 0 Å². The Labute approximate surface area is 274 Å². The highest BCUT2D eigenvalue weighted by Crippen LogP contribution is 2.48. The molecular weight excluding hydrogens is 590 g/mol. The normalized spacial score (nSPS) is 19.6. The zero-order valence-electron chi connectivity index (χ0n) is 26.3. The van der Waals surface area contributed by atoms with E-state index in [1.807, 2.05) is 84.9 Å². The van der Waals surface area contributed by atoms with Gasteiger partial charge in [-0.05, 0) is 78.4 Å². The first kappa shape index (κ1) is 30.6. The molecule has 0 saturated carbocycles. The van der Waals surface area contributed by atoms with E-state index in [4.69, 9.17) is 0 Å². The van der Waals surface area contributed by atoms with Crippen LogP contribution in [0.5, 0.6) is 0 Å². The van der Waals surface area contributed by atoms with Crippen molar-refractivity contribution in [3.05, 3.63) is 125 Å². The molecule has 238 valence electrons. The molecule has 3 aliphatic heterocycles. The minimum atomic E-state index is -1.89. The van der Waals surface area contributed by atoms with Crippen molar-refractivity contribution in [1.82, 2.24) is 0 Å². The first-order valence-corrected chi connectivity index (χ1v) is 16.2. The Morgan fingerprint density at radius 2 is 1.32 bits per heavy atom. The zero-order valence-corrected chi connectivity index (χ0v) is 26.3. The minimum absolute atomic E-state index is 0.0382. The van der Waals surface area contributed by atoms with Crippen LogP contribution in [-0.2, 0) is 39.4 Å². The maximum absolute atomic E-state index is 14.3. The largest absolute Gasteiger partial charge is 0.396 e. The van der Waals surface area contributed by atoms with Crippen molar-refractivity contribution in [2.75, 3.05) is 21.3 Å². The van der Waals surface area contributed by atoms with Gasteiger partial charge < -0.3 is 15.1 Å². The molecule has 0 fully saturated rings. The predicted octanol–water partition coefficient (Wildman–Crippen LogP) is 6.22. The Balaban J connectivity index is 1.24. The first-order valence-electron chi connectivity index (χ1n) is 16.2. The predicted molar refractivity (Wildman–Crippen MR) is 182 cm³/mol. The molecule has 3 amide bonds. The van der Waals surface area contributed by atoms with Gasteiger partial charge in [-0.15, -0.1) is 0 Å². The van der Waals surface area contributed by atoms with Gasteiger partial charge in [0.2, 0.25) is 11.8 Å².